The summed E-state index contributed by atoms with van der Waals surface area (Å²) in [7, 11) is 0. The van der Waals surface area contributed by atoms with Crippen molar-refractivity contribution in [3.05, 3.63) is 12.7 Å². The van der Waals surface area contributed by atoms with E-state index < -0.39 is 0 Å². The van der Waals surface area contributed by atoms with Gasteiger partial charge in [-0.2, -0.15) is 5.10 Å². The van der Waals surface area contributed by atoms with Gasteiger partial charge in [-0.05, 0) is 19.4 Å². The van der Waals surface area contributed by atoms with Gasteiger partial charge in [0.05, 0.1) is 6.54 Å². The highest BCUT2D eigenvalue weighted by molar-refractivity contribution is 4.74. The number of hydrogen-bond donors (Lipinski definition) is 1. The summed E-state index contributed by atoms with van der Waals surface area (Å²) >= 11 is 0. The van der Waals surface area contributed by atoms with Gasteiger partial charge in [-0.1, -0.05) is 0 Å². The van der Waals surface area contributed by atoms with Crippen LogP contribution in [0.3, 0.4) is 0 Å². The van der Waals surface area contributed by atoms with Crippen molar-refractivity contribution < 1.29 is 0 Å². The van der Waals surface area contributed by atoms with E-state index in [1.54, 1.807) is 12.7 Å². The van der Waals surface area contributed by atoms with E-state index in [0.29, 0.717) is 6.04 Å². The van der Waals surface area contributed by atoms with Crippen molar-refractivity contribution in [3.8, 4) is 0 Å². The second-order valence-corrected chi connectivity index (χ2v) is 2.91. The largest absolute Gasteiger partial charge is 0.312 e. The Morgan fingerprint density at radius 2 is 2.64 bits per heavy atom. The fourth-order valence-corrected chi connectivity index (χ4v) is 1.47. The number of rotatable bonds is 2. The molecule has 0 saturated carbocycles. The molecule has 1 N–H and O–H groups in total. The Morgan fingerprint density at radius 3 is 3.27 bits per heavy atom. The Balaban J connectivity index is 1.90. The molecule has 1 aromatic rings. The van der Waals surface area contributed by atoms with Crippen LogP contribution in [0.1, 0.15) is 12.8 Å². The molecule has 2 heterocycles. The quantitative estimate of drug-likeness (QED) is 0.650. The zero-order valence-corrected chi connectivity index (χ0v) is 6.40. The van der Waals surface area contributed by atoms with Crippen LogP contribution >= 0.6 is 0 Å². The van der Waals surface area contributed by atoms with Crippen LogP contribution in [0.2, 0.25) is 0 Å². The molecule has 1 fully saturated rings. The zero-order valence-electron chi connectivity index (χ0n) is 6.40. The molecular formula is C7H12N4. The minimum absolute atomic E-state index is 0.608. The first kappa shape index (κ1) is 6.79. The van der Waals surface area contributed by atoms with Gasteiger partial charge in [-0.15, -0.1) is 0 Å². The first-order chi connectivity index (χ1) is 5.45. The van der Waals surface area contributed by atoms with E-state index >= 15 is 0 Å². The smallest absolute Gasteiger partial charge is 0.137 e. The third-order valence-corrected chi connectivity index (χ3v) is 2.04. The minimum atomic E-state index is 0.608. The van der Waals surface area contributed by atoms with Gasteiger partial charge in [-0.25, -0.2) is 4.98 Å². The summed E-state index contributed by atoms with van der Waals surface area (Å²) in [6, 6.07) is 0.608. The number of nitrogens with zero attached hydrogens (tertiary/aromatic N) is 3. The fourth-order valence-electron chi connectivity index (χ4n) is 1.47. The Labute approximate surface area is 65.6 Å². The van der Waals surface area contributed by atoms with Gasteiger partial charge in [-0.3, -0.25) is 4.68 Å². The van der Waals surface area contributed by atoms with E-state index in [1.165, 1.54) is 12.8 Å². The SMILES string of the molecule is c1ncn(CC2CCCN2)n1. The highest BCUT2D eigenvalue weighted by atomic mass is 15.3. The van der Waals surface area contributed by atoms with E-state index in [-0.39, 0.29) is 0 Å². The number of hydrogen-bond acceptors (Lipinski definition) is 3. The van der Waals surface area contributed by atoms with Crippen molar-refractivity contribution in [1.29, 1.82) is 0 Å². The third-order valence-electron chi connectivity index (χ3n) is 2.04. The molecule has 1 aliphatic rings. The molecule has 0 radical (unpaired) electrons. The number of aromatic nitrogens is 3. The Kier molecular flexibility index (Phi) is 1.85. The summed E-state index contributed by atoms with van der Waals surface area (Å²) < 4.78 is 1.88. The van der Waals surface area contributed by atoms with Crippen LogP contribution in [0.15, 0.2) is 12.7 Å². The second-order valence-electron chi connectivity index (χ2n) is 2.91. The highest BCUT2D eigenvalue weighted by Gasteiger charge is 2.13. The van der Waals surface area contributed by atoms with Gasteiger partial charge in [0.2, 0.25) is 0 Å². The maximum Gasteiger partial charge on any atom is 0.137 e. The van der Waals surface area contributed by atoms with Crippen LogP contribution in [-0.2, 0) is 6.54 Å². The summed E-state index contributed by atoms with van der Waals surface area (Å²) in [6.07, 6.45) is 5.90. The summed E-state index contributed by atoms with van der Waals surface area (Å²) in [5, 5.41) is 7.45. The Morgan fingerprint density at radius 1 is 1.64 bits per heavy atom. The van der Waals surface area contributed by atoms with E-state index in [4.69, 9.17) is 0 Å². The molecule has 1 atom stereocenters. The number of nitrogens with one attached hydrogen (secondary N) is 1. The fraction of sp³-hybridized carbons (Fsp3) is 0.714. The summed E-state index contributed by atoms with van der Waals surface area (Å²) in [5.74, 6) is 0. The third kappa shape index (κ3) is 1.57. The molecule has 0 aliphatic carbocycles. The molecule has 0 amide bonds. The molecule has 0 aromatic carbocycles. The van der Waals surface area contributed by atoms with Crippen molar-refractivity contribution in [2.75, 3.05) is 6.54 Å². The maximum absolute atomic E-state index is 4.05. The van der Waals surface area contributed by atoms with Crippen LogP contribution in [0.25, 0.3) is 0 Å². The lowest BCUT2D eigenvalue weighted by Gasteiger charge is -2.08. The van der Waals surface area contributed by atoms with Gasteiger partial charge in [0, 0.05) is 6.04 Å². The lowest BCUT2D eigenvalue weighted by atomic mass is 10.2. The maximum atomic E-state index is 4.05. The molecule has 1 saturated heterocycles. The van der Waals surface area contributed by atoms with Gasteiger partial charge in [0.1, 0.15) is 12.7 Å². The van der Waals surface area contributed by atoms with Crippen molar-refractivity contribution in [3.63, 3.8) is 0 Å². The van der Waals surface area contributed by atoms with Crippen LogP contribution in [0.5, 0.6) is 0 Å². The summed E-state index contributed by atoms with van der Waals surface area (Å²) in [6.45, 7) is 2.11. The highest BCUT2D eigenvalue weighted by Crippen LogP contribution is 2.05. The van der Waals surface area contributed by atoms with E-state index in [2.05, 4.69) is 15.4 Å². The van der Waals surface area contributed by atoms with Gasteiger partial charge < -0.3 is 5.32 Å². The first-order valence-corrected chi connectivity index (χ1v) is 4.01. The molecule has 11 heavy (non-hydrogen) atoms. The van der Waals surface area contributed by atoms with Crippen LogP contribution < -0.4 is 5.32 Å². The summed E-state index contributed by atoms with van der Waals surface area (Å²) in [5.41, 5.74) is 0. The molecule has 0 spiro atoms. The van der Waals surface area contributed by atoms with Crippen LogP contribution in [0, 0.1) is 0 Å². The van der Waals surface area contributed by atoms with E-state index in [0.717, 1.165) is 13.1 Å². The molecule has 4 heteroatoms. The molecule has 4 nitrogen and oxygen atoms in total. The van der Waals surface area contributed by atoms with Gasteiger partial charge in [0.15, 0.2) is 0 Å². The molecule has 1 aromatic heterocycles. The van der Waals surface area contributed by atoms with Gasteiger partial charge in [0.25, 0.3) is 0 Å². The van der Waals surface area contributed by atoms with Gasteiger partial charge >= 0.3 is 0 Å². The van der Waals surface area contributed by atoms with Crippen molar-refractivity contribution >= 4 is 0 Å². The molecule has 1 aliphatic heterocycles. The molecule has 0 bridgehead atoms. The predicted molar refractivity (Wildman–Crippen MR) is 41.0 cm³/mol. The van der Waals surface area contributed by atoms with Crippen LogP contribution in [-0.4, -0.2) is 27.4 Å². The average molecular weight is 152 g/mol. The predicted octanol–water partition coefficient (Wildman–Crippen LogP) is 0.0301. The zero-order chi connectivity index (χ0) is 7.52. The average Bonchev–Trinajstić information content (AvgIpc) is 2.60. The van der Waals surface area contributed by atoms with E-state index in [9.17, 15) is 0 Å². The summed E-state index contributed by atoms with van der Waals surface area (Å²) in [4.78, 5) is 3.89. The minimum Gasteiger partial charge on any atom is -0.312 e. The topological polar surface area (TPSA) is 42.7 Å². The normalized spacial score (nSPS) is 24.2. The van der Waals surface area contributed by atoms with Crippen molar-refractivity contribution in [1.82, 2.24) is 20.1 Å². The molecular weight excluding hydrogens is 140 g/mol. The first-order valence-electron chi connectivity index (χ1n) is 4.01. The van der Waals surface area contributed by atoms with Crippen molar-refractivity contribution in [2.24, 2.45) is 0 Å². The lowest BCUT2D eigenvalue weighted by molar-refractivity contribution is 0.475. The molecule has 2 rings (SSSR count). The standard InChI is InChI=1S/C7H12N4/c1-2-7(9-3-1)4-11-6-8-5-10-11/h5-7,9H,1-4H2. The van der Waals surface area contributed by atoms with E-state index in [1.807, 2.05) is 4.68 Å². The Hall–Kier alpha value is -0.900. The molecule has 60 valence electrons. The Bertz CT molecular complexity index is 200. The second kappa shape index (κ2) is 3.00. The van der Waals surface area contributed by atoms with Crippen molar-refractivity contribution in [2.45, 2.75) is 25.4 Å². The molecule has 1 unspecified atom stereocenters. The monoisotopic (exact) mass is 152 g/mol. The van der Waals surface area contributed by atoms with Crippen LogP contribution in [0.4, 0.5) is 0 Å². The lowest BCUT2D eigenvalue weighted by Crippen LogP contribution is -2.26.